The van der Waals surface area contributed by atoms with Crippen molar-refractivity contribution in [3.8, 4) is 0 Å². The predicted octanol–water partition coefficient (Wildman–Crippen LogP) is 0.798. The van der Waals surface area contributed by atoms with Gasteiger partial charge in [-0.05, 0) is 38.0 Å². The fraction of sp³-hybridized carbons (Fsp3) is 0.625. The zero-order valence-electron chi connectivity index (χ0n) is 12.9. The van der Waals surface area contributed by atoms with Crippen LogP contribution in [0, 0.1) is 11.8 Å². The van der Waals surface area contributed by atoms with E-state index in [0.717, 1.165) is 19.3 Å². The van der Waals surface area contributed by atoms with Crippen LogP contribution in [0.2, 0.25) is 0 Å². The minimum atomic E-state index is -0.339. The maximum Gasteiger partial charge on any atom is 0.335 e. The van der Waals surface area contributed by atoms with Crippen LogP contribution in [0.1, 0.15) is 38.5 Å². The summed E-state index contributed by atoms with van der Waals surface area (Å²) in [6, 6.07) is 0. The summed E-state index contributed by atoms with van der Waals surface area (Å²) in [7, 11) is 0. The lowest BCUT2D eigenvalue weighted by molar-refractivity contribution is -0.197. The first-order valence-electron chi connectivity index (χ1n) is 8.10. The van der Waals surface area contributed by atoms with E-state index in [0.29, 0.717) is 32.4 Å². The molecule has 0 bridgehead atoms. The molecule has 3 aliphatic rings. The third-order valence-electron chi connectivity index (χ3n) is 4.75. The molecular formula is C16H20N2O5. The number of carbonyl (C=O) groups excluding carboxylic acids is 4. The summed E-state index contributed by atoms with van der Waals surface area (Å²) in [5.41, 5.74) is 0. The van der Waals surface area contributed by atoms with E-state index in [-0.39, 0.29) is 35.5 Å². The van der Waals surface area contributed by atoms with E-state index in [1.165, 1.54) is 22.1 Å². The zero-order chi connectivity index (χ0) is 16.4. The maximum atomic E-state index is 12.1. The molecule has 0 radical (unpaired) electrons. The minimum Gasteiger partial charge on any atom is -0.338 e. The monoisotopic (exact) mass is 320 g/mol. The van der Waals surface area contributed by atoms with E-state index in [1.807, 2.05) is 0 Å². The third-order valence-corrected chi connectivity index (χ3v) is 4.75. The van der Waals surface area contributed by atoms with Crippen LogP contribution in [0.5, 0.6) is 0 Å². The molecule has 7 nitrogen and oxygen atoms in total. The van der Waals surface area contributed by atoms with Crippen molar-refractivity contribution in [1.29, 1.82) is 0 Å². The average Bonchev–Trinajstić information content (AvgIpc) is 3.08. The second-order valence-corrected chi connectivity index (χ2v) is 6.35. The van der Waals surface area contributed by atoms with E-state index < -0.39 is 0 Å². The molecule has 23 heavy (non-hydrogen) atoms. The molecule has 0 spiro atoms. The topological polar surface area (TPSA) is 84.0 Å². The summed E-state index contributed by atoms with van der Waals surface area (Å²) < 4.78 is 0. The van der Waals surface area contributed by atoms with Gasteiger partial charge in [-0.15, -0.1) is 0 Å². The van der Waals surface area contributed by atoms with E-state index in [2.05, 4.69) is 0 Å². The molecule has 1 saturated carbocycles. The molecule has 7 heteroatoms. The van der Waals surface area contributed by atoms with Gasteiger partial charge in [0.1, 0.15) is 0 Å². The lowest BCUT2D eigenvalue weighted by Gasteiger charge is -2.30. The highest BCUT2D eigenvalue weighted by Gasteiger charge is 2.33. The first-order valence-corrected chi connectivity index (χ1v) is 8.10. The molecule has 0 unspecified atom stereocenters. The fourth-order valence-corrected chi connectivity index (χ4v) is 3.35. The minimum absolute atomic E-state index is 0.134. The summed E-state index contributed by atoms with van der Waals surface area (Å²) in [5, 5.41) is 1.17. The van der Waals surface area contributed by atoms with Crippen molar-refractivity contribution in [3.63, 3.8) is 0 Å². The molecule has 0 aromatic rings. The number of amides is 3. The summed E-state index contributed by atoms with van der Waals surface area (Å²) in [5.74, 6) is -0.976. The molecule has 2 fully saturated rings. The van der Waals surface area contributed by atoms with E-state index in [9.17, 15) is 19.2 Å². The molecule has 0 atom stereocenters. The molecule has 2 heterocycles. The van der Waals surface area contributed by atoms with Gasteiger partial charge in [-0.1, -0.05) is 0 Å². The Kier molecular flexibility index (Phi) is 4.45. The summed E-state index contributed by atoms with van der Waals surface area (Å²) >= 11 is 0. The van der Waals surface area contributed by atoms with Crippen LogP contribution < -0.4 is 0 Å². The Morgan fingerprint density at radius 2 is 1.74 bits per heavy atom. The Morgan fingerprint density at radius 1 is 1.09 bits per heavy atom. The summed E-state index contributed by atoms with van der Waals surface area (Å²) in [4.78, 5) is 53.1. The van der Waals surface area contributed by atoms with Crippen molar-refractivity contribution in [3.05, 3.63) is 12.2 Å². The van der Waals surface area contributed by atoms with Crippen molar-refractivity contribution in [2.75, 3.05) is 13.1 Å². The average molecular weight is 320 g/mol. The second-order valence-electron chi connectivity index (χ2n) is 6.35. The van der Waals surface area contributed by atoms with E-state index >= 15 is 0 Å². The molecule has 1 aliphatic carbocycles. The molecule has 0 aromatic heterocycles. The standard InChI is InChI=1S/C16H20N2O5/c19-13-7-8-14(20)17(13)10-11-3-5-12(6-4-11)16(22)23-18-9-1-2-15(18)21/h7-8,11-12H,1-6,9-10H2. The van der Waals surface area contributed by atoms with Crippen LogP contribution in [0.25, 0.3) is 0 Å². The highest BCUT2D eigenvalue weighted by molar-refractivity contribution is 6.12. The van der Waals surface area contributed by atoms with Gasteiger partial charge in [-0.3, -0.25) is 19.3 Å². The van der Waals surface area contributed by atoms with Gasteiger partial charge >= 0.3 is 5.97 Å². The van der Waals surface area contributed by atoms with Gasteiger partial charge in [0.15, 0.2) is 0 Å². The Labute approximate surface area is 134 Å². The molecule has 0 aromatic carbocycles. The summed E-state index contributed by atoms with van der Waals surface area (Å²) in [6.07, 6.45) is 6.60. The Balaban J connectivity index is 1.45. The number of imide groups is 1. The number of hydroxylamine groups is 2. The molecule has 0 N–H and O–H groups in total. The highest BCUT2D eigenvalue weighted by atomic mass is 16.7. The van der Waals surface area contributed by atoms with E-state index in [1.54, 1.807) is 0 Å². The number of hydrogen-bond donors (Lipinski definition) is 0. The SMILES string of the molecule is O=C(ON1CCCC1=O)C1CCC(CN2C(=O)C=CC2=O)CC1. The molecule has 3 rings (SSSR count). The lowest BCUT2D eigenvalue weighted by atomic mass is 9.82. The van der Waals surface area contributed by atoms with Gasteiger partial charge in [0.05, 0.1) is 12.5 Å². The Hall–Kier alpha value is -2.18. The van der Waals surface area contributed by atoms with Crippen LogP contribution >= 0.6 is 0 Å². The van der Waals surface area contributed by atoms with Gasteiger partial charge in [0, 0.05) is 25.1 Å². The van der Waals surface area contributed by atoms with Crippen LogP contribution in [-0.2, 0) is 24.0 Å². The zero-order valence-corrected chi connectivity index (χ0v) is 12.9. The Morgan fingerprint density at radius 3 is 2.30 bits per heavy atom. The Bertz CT molecular complexity index is 545. The lowest BCUT2D eigenvalue weighted by Crippen LogP contribution is -2.37. The molecule has 124 valence electrons. The first kappa shape index (κ1) is 15.7. The van der Waals surface area contributed by atoms with Crippen molar-refractivity contribution in [2.24, 2.45) is 11.8 Å². The maximum absolute atomic E-state index is 12.1. The van der Waals surface area contributed by atoms with Gasteiger partial charge < -0.3 is 4.84 Å². The van der Waals surface area contributed by atoms with Gasteiger partial charge in [0.25, 0.3) is 17.7 Å². The molecule has 2 aliphatic heterocycles. The third kappa shape index (κ3) is 3.43. The predicted molar refractivity (Wildman–Crippen MR) is 78.3 cm³/mol. The van der Waals surface area contributed by atoms with Crippen LogP contribution in [0.3, 0.4) is 0 Å². The van der Waals surface area contributed by atoms with Crippen LogP contribution in [0.15, 0.2) is 12.2 Å². The van der Waals surface area contributed by atoms with Gasteiger partial charge in [-0.2, -0.15) is 5.06 Å². The van der Waals surface area contributed by atoms with Crippen molar-refractivity contribution in [2.45, 2.75) is 38.5 Å². The molecule has 1 saturated heterocycles. The van der Waals surface area contributed by atoms with Gasteiger partial charge in [-0.25, -0.2) is 4.79 Å². The number of hydrogen-bond acceptors (Lipinski definition) is 5. The highest BCUT2D eigenvalue weighted by Crippen LogP contribution is 2.31. The first-order chi connectivity index (χ1) is 11.0. The van der Waals surface area contributed by atoms with Gasteiger partial charge in [0.2, 0.25) is 0 Å². The largest absolute Gasteiger partial charge is 0.338 e. The van der Waals surface area contributed by atoms with E-state index in [4.69, 9.17) is 4.84 Å². The van der Waals surface area contributed by atoms with Crippen LogP contribution in [0.4, 0.5) is 0 Å². The molecule has 3 amide bonds. The second kappa shape index (κ2) is 6.52. The fourth-order valence-electron chi connectivity index (χ4n) is 3.35. The number of nitrogens with zero attached hydrogens (tertiary/aromatic N) is 2. The summed E-state index contributed by atoms with van der Waals surface area (Å²) in [6.45, 7) is 0.892. The normalized spacial score (nSPS) is 27.9. The van der Waals surface area contributed by atoms with Crippen LogP contribution in [-0.4, -0.2) is 46.7 Å². The number of rotatable bonds is 4. The molecular weight excluding hydrogens is 300 g/mol. The quantitative estimate of drug-likeness (QED) is 0.715. The number of carbonyl (C=O) groups is 4. The van der Waals surface area contributed by atoms with Crippen molar-refractivity contribution in [1.82, 2.24) is 9.96 Å². The smallest absolute Gasteiger partial charge is 0.335 e. The van der Waals surface area contributed by atoms with Crippen molar-refractivity contribution < 1.29 is 24.0 Å². The van der Waals surface area contributed by atoms with Crippen molar-refractivity contribution >= 4 is 23.7 Å².